The Morgan fingerprint density at radius 3 is 1.54 bits per heavy atom. The number of benzene rings is 4. The molecule has 0 unspecified atom stereocenters. The summed E-state index contributed by atoms with van der Waals surface area (Å²) in [5.41, 5.74) is 2.19. The van der Waals surface area contributed by atoms with Crippen molar-refractivity contribution in [3.8, 4) is 11.5 Å². The number of ether oxygens (including phenoxy) is 2. The minimum atomic E-state index is -0.474. The van der Waals surface area contributed by atoms with Gasteiger partial charge in [0.05, 0.1) is 19.9 Å². The number of carbonyl (C=O) groups excluding carboxylic acids is 3. The molecule has 0 radical (unpaired) electrons. The maximum atomic E-state index is 13.3. The fraction of sp³-hybridized carbons (Fsp3) is 0.0690. The molecule has 37 heavy (non-hydrogen) atoms. The number of methoxy groups -OCH3 is 2. The van der Waals surface area contributed by atoms with Gasteiger partial charge in [0.1, 0.15) is 11.5 Å². The lowest BCUT2D eigenvalue weighted by atomic mass is 10.1. The molecule has 0 atom stereocenters. The van der Waals surface area contributed by atoms with Gasteiger partial charge in [-0.3, -0.25) is 14.4 Å². The molecule has 0 bridgehead atoms. The van der Waals surface area contributed by atoms with Crippen molar-refractivity contribution in [2.24, 2.45) is 0 Å². The van der Waals surface area contributed by atoms with E-state index in [9.17, 15) is 14.4 Å². The molecule has 0 heterocycles. The summed E-state index contributed by atoms with van der Waals surface area (Å²) >= 11 is 0. The molecule has 3 N–H and O–H groups in total. The summed E-state index contributed by atoms with van der Waals surface area (Å²) in [5, 5.41) is 8.40. The molecule has 3 amide bonds. The van der Waals surface area contributed by atoms with Crippen LogP contribution < -0.4 is 25.4 Å². The van der Waals surface area contributed by atoms with Crippen LogP contribution in [-0.2, 0) is 0 Å². The van der Waals surface area contributed by atoms with Crippen molar-refractivity contribution in [2.75, 3.05) is 30.2 Å². The van der Waals surface area contributed by atoms with Crippen molar-refractivity contribution < 1.29 is 23.9 Å². The topological polar surface area (TPSA) is 106 Å². The van der Waals surface area contributed by atoms with E-state index in [1.807, 2.05) is 12.1 Å². The number of hydrogen-bond acceptors (Lipinski definition) is 5. The van der Waals surface area contributed by atoms with Gasteiger partial charge in [-0.05, 0) is 54.6 Å². The molecule has 0 saturated carbocycles. The van der Waals surface area contributed by atoms with Crippen LogP contribution in [0.1, 0.15) is 31.1 Å². The van der Waals surface area contributed by atoms with Crippen LogP contribution in [-0.4, -0.2) is 31.9 Å². The summed E-state index contributed by atoms with van der Waals surface area (Å²) < 4.78 is 10.6. The standard InChI is InChI=1S/C29H25N3O5/c1-36-24-13-14-26(37-2)25(18-24)32-29(35)21-15-22(30-27(33)19-9-5-3-6-10-19)17-23(16-21)31-28(34)20-11-7-4-8-12-20/h3-18H,1-2H3,(H,30,33)(H,31,34)(H,32,35). The van der Waals surface area contributed by atoms with E-state index < -0.39 is 5.91 Å². The number of nitrogens with one attached hydrogen (secondary N) is 3. The Morgan fingerprint density at radius 1 is 0.541 bits per heavy atom. The van der Waals surface area contributed by atoms with Crippen molar-refractivity contribution in [1.82, 2.24) is 0 Å². The monoisotopic (exact) mass is 495 g/mol. The van der Waals surface area contributed by atoms with Crippen molar-refractivity contribution in [1.29, 1.82) is 0 Å². The van der Waals surface area contributed by atoms with Crippen LogP contribution in [0.25, 0.3) is 0 Å². The molecule has 0 aliphatic heterocycles. The van der Waals surface area contributed by atoms with Gasteiger partial charge in [-0.2, -0.15) is 0 Å². The smallest absolute Gasteiger partial charge is 0.255 e. The van der Waals surface area contributed by atoms with Crippen molar-refractivity contribution in [3.05, 3.63) is 114 Å². The first-order valence-corrected chi connectivity index (χ1v) is 11.4. The molecule has 4 aromatic carbocycles. The van der Waals surface area contributed by atoms with Crippen LogP contribution in [0.3, 0.4) is 0 Å². The van der Waals surface area contributed by atoms with E-state index in [0.717, 1.165) is 0 Å². The van der Waals surface area contributed by atoms with Gasteiger partial charge in [-0.25, -0.2) is 0 Å². The van der Waals surface area contributed by atoms with Crippen LogP contribution in [0.5, 0.6) is 11.5 Å². The normalized spacial score (nSPS) is 10.2. The average molecular weight is 496 g/mol. The van der Waals surface area contributed by atoms with Crippen molar-refractivity contribution in [2.45, 2.75) is 0 Å². The number of carbonyl (C=O) groups is 3. The molecule has 0 fully saturated rings. The molecular formula is C29H25N3O5. The van der Waals surface area contributed by atoms with Crippen LogP contribution in [0, 0.1) is 0 Å². The molecular weight excluding hydrogens is 470 g/mol. The first kappa shape index (κ1) is 25.0. The Balaban J connectivity index is 1.65. The van der Waals surface area contributed by atoms with E-state index in [1.54, 1.807) is 72.8 Å². The van der Waals surface area contributed by atoms with Crippen LogP contribution in [0.2, 0.25) is 0 Å². The number of hydrogen-bond donors (Lipinski definition) is 3. The molecule has 0 aliphatic carbocycles. The number of amides is 3. The van der Waals surface area contributed by atoms with Crippen LogP contribution in [0.15, 0.2) is 97.1 Å². The summed E-state index contributed by atoms with van der Waals surface area (Å²) in [7, 11) is 3.02. The molecule has 0 spiro atoms. The molecule has 186 valence electrons. The predicted molar refractivity (Wildman–Crippen MR) is 143 cm³/mol. The zero-order valence-electron chi connectivity index (χ0n) is 20.3. The van der Waals surface area contributed by atoms with Gasteiger partial charge in [0, 0.05) is 34.1 Å². The van der Waals surface area contributed by atoms with E-state index in [4.69, 9.17) is 9.47 Å². The Bertz CT molecular complexity index is 1350. The Kier molecular flexibility index (Phi) is 7.80. The van der Waals surface area contributed by atoms with Crippen LogP contribution >= 0.6 is 0 Å². The fourth-order valence-electron chi connectivity index (χ4n) is 3.59. The van der Waals surface area contributed by atoms with E-state index in [-0.39, 0.29) is 17.4 Å². The lowest BCUT2D eigenvalue weighted by molar-refractivity contribution is 0.101. The van der Waals surface area contributed by atoms with Gasteiger partial charge in [-0.15, -0.1) is 0 Å². The fourth-order valence-corrected chi connectivity index (χ4v) is 3.59. The molecule has 0 saturated heterocycles. The van der Waals surface area contributed by atoms with Gasteiger partial charge in [0.2, 0.25) is 0 Å². The third kappa shape index (κ3) is 6.32. The Hall–Kier alpha value is -5.11. The maximum Gasteiger partial charge on any atom is 0.255 e. The second-order valence-corrected chi connectivity index (χ2v) is 7.96. The maximum absolute atomic E-state index is 13.3. The van der Waals surface area contributed by atoms with Gasteiger partial charge in [0.25, 0.3) is 17.7 Å². The quantitative estimate of drug-likeness (QED) is 0.301. The summed E-state index contributed by atoms with van der Waals surface area (Å²) in [6.07, 6.45) is 0. The average Bonchev–Trinajstić information content (AvgIpc) is 2.93. The third-order valence-electron chi connectivity index (χ3n) is 5.44. The number of anilines is 3. The second-order valence-electron chi connectivity index (χ2n) is 7.96. The lowest BCUT2D eigenvalue weighted by Gasteiger charge is -2.14. The minimum absolute atomic E-state index is 0.207. The molecule has 4 aromatic rings. The van der Waals surface area contributed by atoms with Gasteiger partial charge < -0.3 is 25.4 Å². The largest absolute Gasteiger partial charge is 0.497 e. The minimum Gasteiger partial charge on any atom is -0.497 e. The first-order valence-electron chi connectivity index (χ1n) is 11.4. The highest BCUT2D eigenvalue weighted by molar-refractivity contribution is 6.10. The van der Waals surface area contributed by atoms with Gasteiger partial charge >= 0.3 is 0 Å². The van der Waals surface area contributed by atoms with Gasteiger partial charge in [0.15, 0.2) is 0 Å². The van der Waals surface area contributed by atoms with Crippen LogP contribution in [0.4, 0.5) is 17.1 Å². The van der Waals surface area contributed by atoms with Crippen molar-refractivity contribution >= 4 is 34.8 Å². The van der Waals surface area contributed by atoms with Gasteiger partial charge in [-0.1, -0.05) is 36.4 Å². The SMILES string of the molecule is COc1ccc(OC)c(NC(=O)c2cc(NC(=O)c3ccccc3)cc(NC(=O)c3ccccc3)c2)c1. The highest BCUT2D eigenvalue weighted by Crippen LogP contribution is 2.30. The van der Waals surface area contributed by atoms with E-state index in [2.05, 4.69) is 16.0 Å². The number of rotatable bonds is 8. The van der Waals surface area contributed by atoms with E-state index in [0.29, 0.717) is 39.7 Å². The molecule has 8 nitrogen and oxygen atoms in total. The zero-order valence-corrected chi connectivity index (χ0v) is 20.3. The highest BCUT2D eigenvalue weighted by atomic mass is 16.5. The highest BCUT2D eigenvalue weighted by Gasteiger charge is 2.16. The second kappa shape index (κ2) is 11.5. The summed E-state index contributed by atoms with van der Waals surface area (Å²) in [6.45, 7) is 0. The van der Waals surface area contributed by atoms with E-state index in [1.165, 1.54) is 26.4 Å². The molecule has 0 aromatic heterocycles. The zero-order chi connectivity index (χ0) is 26.2. The lowest BCUT2D eigenvalue weighted by Crippen LogP contribution is -2.17. The molecule has 4 rings (SSSR count). The molecule has 8 heteroatoms. The Morgan fingerprint density at radius 2 is 1.05 bits per heavy atom. The Labute approximate surface area is 214 Å². The third-order valence-corrected chi connectivity index (χ3v) is 5.44. The summed E-state index contributed by atoms with van der Waals surface area (Å²) in [6, 6.07) is 27.0. The molecule has 0 aliphatic rings. The predicted octanol–water partition coefficient (Wildman–Crippen LogP) is 5.46. The first-order chi connectivity index (χ1) is 18.0. The summed E-state index contributed by atoms with van der Waals surface area (Å²) in [4.78, 5) is 38.8. The summed E-state index contributed by atoms with van der Waals surface area (Å²) in [5.74, 6) is -0.199. The van der Waals surface area contributed by atoms with Crippen molar-refractivity contribution in [3.63, 3.8) is 0 Å². The van der Waals surface area contributed by atoms with E-state index >= 15 is 0 Å².